The number of rotatable bonds is 3. The van der Waals surface area contributed by atoms with Crippen LogP contribution in [0.15, 0.2) is 42.7 Å². The maximum Gasteiger partial charge on any atom is 0.225 e. The number of hydrogen-bond acceptors (Lipinski definition) is 5. The van der Waals surface area contributed by atoms with E-state index in [9.17, 15) is 0 Å². The molecule has 1 fully saturated rings. The van der Waals surface area contributed by atoms with E-state index in [1.54, 1.807) is 19.5 Å². The molecule has 5 heteroatoms. The van der Waals surface area contributed by atoms with E-state index in [-0.39, 0.29) is 5.54 Å². The van der Waals surface area contributed by atoms with Crippen molar-refractivity contribution in [3.8, 4) is 5.75 Å². The van der Waals surface area contributed by atoms with Crippen molar-refractivity contribution in [2.24, 2.45) is 5.73 Å². The predicted octanol–water partition coefficient (Wildman–Crippen LogP) is 1.94. The summed E-state index contributed by atoms with van der Waals surface area (Å²) in [7, 11) is 1.68. The summed E-state index contributed by atoms with van der Waals surface area (Å²) in [5, 5.41) is 0. The van der Waals surface area contributed by atoms with Crippen molar-refractivity contribution in [2.75, 3.05) is 25.1 Å². The lowest BCUT2D eigenvalue weighted by molar-refractivity contribution is 0.338. The summed E-state index contributed by atoms with van der Waals surface area (Å²) in [6.07, 6.45) is 5.29. The van der Waals surface area contributed by atoms with Crippen molar-refractivity contribution >= 4 is 5.95 Å². The van der Waals surface area contributed by atoms with E-state index in [0.717, 1.165) is 43.2 Å². The molecule has 110 valence electrons. The smallest absolute Gasteiger partial charge is 0.225 e. The Bertz CT molecular complexity index is 594. The number of ether oxygens (including phenoxy) is 1. The van der Waals surface area contributed by atoms with E-state index >= 15 is 0 Å². The average Bonchev–Trinajstić information content (AvgIpc) is 2.56. The summed E-state index contributed by atoms with van der Waals surface area (Å²) < 4.78 is 5.30. The molecule has 5 nitrogen and oxygen atoms in total. The molecule has 0 spiro atoms. The third-order valence-electron chi connectivity index (χ3n) is 4.14. The van der Waals surface area contributed by atoms with Crippen LogP contribution < -0.4 is 15.4 Å². The predicted molar refractivity (Wildman–Crippen MR) is 82.3 cm³/mol. The molecular weight excluding hydrogens is 264 g/mol. The Balaban J connectivity index is 1.74. The molecule has 0 amide bonds. The van der Waals surface area contributed by atoms with E-state index < -0.39 is 0 Å². The summed E-state index contributed by atoms with van der Waals surface area (Å²) in [5.41, 5.74) is 7.45. The van der Waals surface area contributed by atoms with Crippen LogP contribution in [0.25, 0.3) is 0 Å². The summed E-state index contributed by atoms with van der Waals surface area (Å²) >= 11 is 0. The van der Waals surface area contributed by atoms with Gasteiger partial charge in [-0.25, -0.2) is 9.97 Å². The Morgan fingerprint density at radius 3 is 2.52 bits per heavy atom. The number of nitrogens with zero attached hydrogens (tertiary/aromatic N) is 3. The van der Waals surface area contributed by atoms with Gasteiger partial charge in [-0.3, -0.25) is 0 Å². The number of anilines is 1. The van der Waals surface area contributed by atoms with Gasteiger partial charge in [0.15, 0.2) is 0 Å². The Morgan fingerprint density at radius 2 is 1.86 bits per heavy atom. The zero-order valence-corrected chi connectivity index (χ0v) is 12.2. The first-order valence-corrected chi connectivity index (χ1v) is 7.17. The van der Waals surface area contributed by atoms with E-state index in [4.69, 9.17) is 10.5 Å². The Kier molecular flexibility index (Phi) is 3.75. The number of aromatic nitrogens is 2. The highest BCUT2D eigenvalue weighted by atomic mass is 16.5. The molecule has 0 bridgehead atoms. The minimum absolute atomic E-state index is 0.306. The fourth-order valence-electron chi connectivity index (χ4n) is 2.78. The van der Waals surface area contributed by atoms with E-state index in [2.05, 4.69) is 20.9 Å². The molecule has 2 aromatic rings. The molecular formula is C16H20N4O. The standard InChI is InChI=1S/C16H20N4O/c1-21-14-5-2-4-13(12-14)16(17)6-10-20(11-7-16)15-18-8-3-9-19-15/h2-5,8-9,12H,6-7,10-11,17H2,1H3. The van der Waals surface area contributed by atoms with Gasteiger partial charge in [-0.05, 0) is 36.6 Å². The second kappa shape index (κ2) is 5.69. The van der Waals surface area contributed by atoms with Crippen molar-refractivity contribution in [3.05, 3.63) is 48.3 Å². The van der Waals surface area contributed by atoms with Crippen LogP contribution in [0.3, 0.4) is 0 Å². The molecule has 1 aliphatic rings. The van der Waals surface area contributed by atoms with Gasteiger partial charge < -0.3 is 15.4 Å². The van der Waals surface area contributed by atoms with Crippen LogP contribution in [0.5, 0.6) is 5.75 Å². The first-order valence-electron chi connectivity index (χ1n) is 7.17. The molecule has 2 heterocycles. The highest BCUT2D eigenvalue weighted by Crippen LogP contribution is 2.32. The van der Waals surface area contributed by atoms with Crippen LogP contribution >= 0.6 is 0 Å². The lowest BCUT2D eigenvalue weighted by atomic mass is 9.82. The lowest BCUT2D eigenvalue weighted by Gasteiger charge is -2.39. The second-order valence-corrected chi connectivity index (χ2v) is 5.42. The van der Waals surface area contributed by atoms with Crippen LogP contribution in [-0.4, -0.2) is 30.2 Å². The number of methoxy groups -OCH3 is 1. The van der Waals surface area contributed by atoms with E-state index in [1.165, 1.54) is 0 Å². The van der Waals surface area contributed by atoms with Crippen LogP contribution in [0.2, 0.25) is 0 Å². The normalized spacial score (nSPS) is 17.5. The van der Waals surface area contributed by atoms with Gasteiger partial charge in [-0.15, -0.1) is 0 Å². The summed E-state index contributed by atoms with van der Waals surface area (Å²) in [5.74, 6) is 1.64. The van der Waals surface area contributed by atoms with Crippen molar-refractivity contribution in [1.29, 1.82) is 0 Å². The summed E-state index contributed by atoms with van der Waals surface area (Å²) in [6.45, 7) is 1.72. The van der Waals surface area contributed by atoms with Gasteiger partial charge in [0.05, 0.1) is 7.11 Å². The highest BCUT2D eigenvalue weighted by molar-refractivity contribution is 5.36. The van der Waals surface area contributed by atoms with Gasteiger partial charge in [0.25, 0.3) is 0 Å². The maximum atomic E-state index is 6.62. The maximum absolute atomic E-state index is 6.62. The lowest BCUT2D eigenvalue weighted by Crippen LogP contribution is -2.48. The van der Waals surface area contributed by atoms with Gasteiger partial charge >= 0.3 is 0 Å². The molecule has 1 saturated heterocycles. The van der Waals surface area contributed by atoms with Crippen LogP contribution in [0.4, 0.5) is 5.95 Å². The van der Waals surface area contributed by atoms with Gasteiger partial charge in [-0.2, -0.15) is 0 Å². The fraction of sp³-hybridized carbons (Fsp3) is 0.375. The average molecular weight is 284 g/mol. The van der Waals surface area contributed by atoms with Crippen molar-refractivity contribution in [2.45, 2.75) is 18.4 Å². The molecule has 0 saturated carbocycles. The molecule has 0 atom stereocenters. The largest absolute Gasteiger partial charge is 0.497 e. The van der Waals surface area contributed by atoms with Crippen molar-refractivity contribution in [3.63, 3.8) is 0 Å². The molecule has 1 aromatic carbocycles. The molecule has 0 unspecified atom stereocenters. The molecule has 2 N–H and O–H groups in total. The number of benzene rings is 1. The van der Waals surface area contributed by atoms with E-state index in [0.29, 0.717) is 0 Å². The zero-order chi connectivity index (χ0) is 14.7. The Morgan fingerprint density at radius 1 is 1.14 bits per heavy atom. The van der Waals surface area contributed by atoms with Gasteiger partial charge in [-0.1, -0.05) is 12.1 Å². The molecule has 21 heavy (non-hydrogen) atoms. The van der Waals surface area contributed by atoms with Crippen LogP contribution in [-0.2, 0) is 5.54 Å². The minimum Gasteiger partial charge on any atom is -0.497 e. The quantitative estimate of drug-likeness (QED) is 0.933. The minimum atomic E-state index is -0.306. The number of hydrogen-bond donors (Lipinski definition) is 1. The highest BCUT2D eigenvalue weighted by Gasteiger charge is 2.33. The molecule has 3 rings (SSSR count). The number of piperidine rings is 1. The first kappa shape index (κ1) is 13.8. The molecule has 0 aliphatic carbocycles. The monoisotopic (exact) mass is 284 g/mol. The van der Waals surface area contributed by atoms with Crippen LogP contribution in [0, 0.1) is 0 Å². The zero-order valence-electron chi connectivity index (χ0n) is 12.2. The molecule has 1 aliphatic heterocycles. The Labute approximate surface area is 124 Å². The fourth-order valence-corrected chi connectivity index (χ4v) is 2.78. The third-order valence-corrected chi connectivity index (χ3v) is 4.14. The SMILES string of the molecule is COc1cccc(C2(N)CCN(c3ncccn3)CC2)c1. The van der Waals surface area contributed by atoms with Crippen LogP contribution in [0.1, 0.15) is 18.4 Å². The van der Waals surface area contributed by atoms with Gasteiger partial charge in [0, 0.05) is 31.0 Å². The van der Waals surface area contributed by atoms with Crippen molar-refractivity contribution in [1.82, 2.24) is 9.97 Å². The van der Waals surface area contributed by atoms with Gasteiger partial charge in [0.1, 0.15) is 5.75 Å². The molecule has 0 radical (unpaired) electrons. The number of nitrogens with two attached hydrogens (primary N) is 1. The summed E-state index contributed by atoms with van der Waals surface area (Å²) in [6, 6.07) is 9.89. The summed E-state index contributed by atoms with van der Waals surface area (Å²) in [4.78, 5) is 10.8. The molecule has 1 aromatic heterocycles. The van der Waals surface area contributed by atoms with Crippen molar-refractivity contribution < 1.29 is 4.74 Å². The second-order valence-electron chi connectivity index (χ2n) is 5.42. The topological polar surface area (TPSA) is 64.3 Å². The Hall–Kier alpha value is -2.14. The van der Waals surface area contributed by atoms with E-state index in [1.807, 2.05) is 24.3 Å². The third kappa shape index (κ3) is 2.83. The first-order chi connectivity index (χ1) is 10.2. The van der Waals surface area contributed by atoms with Gasteiger partial charge in [0.2, 0.25) is 5.95 Å².